The summed E-state index contributed by atoms with van der Waals surface area (Å²) in [4.78, 5) is 0. The van der Waals surface area contributed by atoms with Crippen LogP contribution in [0.3, 0.4) is 0 Å². The summed E-state index contributed by atoms with van der Waals surface area (Å²) < 4.78 is 3.80. The quantitative estimate of drug-likeness (QED) is 0.605. The molecule has 0 saturated heterocycles. The molecule has 1 aromatic carbocycles. The highest BCUT2D eigenvalue weighted by atomic mass is 35.5. The fourth-order valence-electron chi connectivity index (χ4n) is 2.52. The molecule has 0 unspecified atom stereocenters. The largest absolute Gasteiger partial charge is 0.331 e. The lowest BCUT2D eigenvalue weighted by atomic mass is 10.2. The molecule has 0 saturated carbocycles. The molecule has 0 aliphatic carbocycles. The number of aryl methyl sites for hydroxylation is 1. The van der Waals surface area contributed by atoms with Crippen LogP contribution in [0, 0.1) is 6.92 Å². The number of nitrogens with one attached hydrogen (secondary N) is 2. The van der Waals surface area contributed by atoms with Crippen molar-refractivity contribution in [1.29, 1.82) is 0 Å². The van der Waals surface area contributed by atoms with Gasteiger partial charge in [-0.3, -0.25) is 9.36 Å². The van der Waals surface area contributed by atoms with E-state index in [0.29, 0.717) is 27.4 Å². The Hall–Kier alpha value is -2.09. The molecule has 0 fully saturated rings. The zero-order chi connectivity index (χ0) is 18.7. The lowest BCUT2D eigenvalue weighted by Crippen LogP contribution is -2.19. The van der Waals surface area contributed by atoms with Crippen LogP contribution in [0.2, 0.25) is 10.0 Å². The Morgan fingerprint density at radius 2 is 2.00 bits per heavy atom. The zero-order valence-electron chi connectivity index (χ0n) is 14.3. The van der Waals surface area contributed by atoms with Crippen LogP contribution in [0.25, 0.3) is 0 Å². The second-order valence-electron chi connectivity index (χ2n) is 5.70. The predicted molar refractivity (Wildman–Crippen MR) is 110 cm³/mol. The van der Waals surface area contributed by atoms with E-state index in [-0.39, 0.29) is 0 Å². The third-order valence-electron chi connectivity index (χ3n) is 3.91. The summed E-state index contributed by atoms with van der Waals surface area (Å²) >= 11 is 17.4. The van der Waals surface area contributed by atoms with Gasteiger partial charge in [0.1, 0.15) is 0 Å². The maximum atomic E-state index is 6.14. The van der Waals surface area contributed by atoms with E-state index in [9.17, 15) is 0 Å². The Balaban J connectivity index is 1.62. The van der Waals surface area contributed by atoms with Crippen LogP contribution in [0.15, 0.2) is 36.8 Å². The van der Waals surface area contributed by atoms with Gasteiger partial charge >= 0.3 is 0 Å². The Labute approximate surface area is 167 Å². The van der Waals surface area contributed by atoms with Gasteiger partial charge < -0.3 is 10.6 Å². The first-order valence-electron chi connectivity index (χ1n) is 8.03. The van der Waals surface area contributed by atoms with Gasteiger partial charge in [0, 0.05) is 29.0 Å². The molecule has 0 aliphatic rings. The fourth-order valence-corrected chi connectivity index (χ4v) is 3.21. The Morgan fingerprint density at radius 3 is 2.69 bits per heavy atom. The van der Waals surface area contributed by atoms with Gasteiger partial charge in [0.2, 0.25) is 0 Å². The minimum atomic E-state index is 0.420. The number of aromatic nitrogens is 4. The van der Waals surface area contributed by atoms with Gasteiger partial charge in [-0.15, -0.1) is 0 Å². The van der Waals surface area contributed by atoms with Crippen LogP contribution in [-0.4, -0.2) is 24.7 Å². The molecule has 2 N–H and O–H groups in total. The first-order chi connectivity index (χ1) is 12.5. The van der Waals surface area contributed by atoms with Crippen LogP contribution in [0.1, 0.15) is 18.2 Å². The third kappa shape index (κ3) is 4.35. The van der Waals surface area contributed by atoms with Gasteiger partial charge in [-0.25, -0.2) is 0 Å². The first-order valence-corrected chi connectivity index (χ1v) is 9.19. The molecule has 0 spiro atoms. The Kier molecular flexibility index (Phi) is 5.80. The van der Waals surface area contributed by atoms with E-state index in [1.54, 1.807) is 24.4 Å². The van der Waals surface area contributed by atoms with E-state index in [1.807, 2.05) is 21.8 Å². The number of nitrogens with zero attached hydrogens (tertiary/aromatic N) is 4. The molecule has 26 heavy (non-hydrogen) atoms. The summed E-state index contributed by atoms with van der Waals surface area (Å²) in [6.45, 7) is 5.63. The molecule has 0 radical (unpaired) electrons. The predicted octanol–water partition coefficient (Wildman–Crippen LogP) is 4.57. The van der Waals surface area contributed by atoms with Crippen LogP contribution >= 0.6 is 35.4 Å². The van der Waals surface area contributed by atoms with Crippen molar-refractivity contribution in [1.82, 2.24) is 19.6 Å². The summed E-state index contributed by atoms with van der Waals surface area (Å²) in [5, 5.41) is 16.3. The molecule has 0 amide bonds. The summed E-state index contributed by atoms with van der Waals surface area (Å²) in [7, 11) is 0. The monoisotopic (exact) mass is 408 g/mol. The molecular weight excluding hydrogens is 391 g/mol. The fraction of sp³-hybridized carbons (Fsp3) is 0.235. The number of hydrogen-bond donors (Lipinski definition) is 2. The normalized spacial score (nSPS) is 10.8. The van der Waals surface area contributed by atoms with Crippen LogP contribution in [0.4, 0.5) is 11.4 Å². The maximum absolute atomic E-state index is 6.14. The minimum absolute atomic E-state index is 0.420. The van der Waals surface area contributed by atoms with E-state index >= 15 is 0 Å². The number of halogens is 2. The summed E-state index contributed by atoms with van der Waals surface area (Å²) in [5.41, 5.74) is 3.75. The highest BCUT2D eigenvalue weighted by molar-refractivity contribution is 7.80. The van der Waals surface area contributed by atoms with E-state index < -0.39 is 0 Å². The van der Waals surface area contributed by atoms with Gasteiger partial charge in [0.15, 0.2) is 5.11 Å². The number of hydrogen-bond acceptors (Lipinski definition) is 3. The summed E-state index contributed by atoms with van der Waals surface area (Å²) in [6.07, 6.45) is 5.49. The van der Waals surface area contributed by atoms with Crippen molar-refractivity contribution in [2.75, 3.05) is 10.6 Å². The van der Waals surface area contributed by atoms with Gasteiger partial charge in [-0.05, 0) is 44.3 Å². The lowest BCUT2D eigenvalue weighted by Gasteiger charge is -2.10. The highest BCUT2D eigenvalue weighted by Crippen LogP contribution is 2.25. The lowest BCUT2D eigenvalue weighted by molar-refractivity contribution is 0.633. The van der Waals surface area contributed by atoms with Crippen molar-refractivity contribution < 1.29 is 0 Å². The molecule has 2 aromatic heterocycles. The molecule has 136 valence electrons. The van der Waals surface area contributed by atoms with Crippen molar-refractivity contribution >= 4 is 51.9 Å². The molecule has 0 aliphatic heterocycles. The maximum Gasteiger partial charge on any atom is 0.175 e. The van der Waals surface area contributed by atoms with E-state index in [1.165, 1.54) is 0 Å². The standard InChI is InChI=1S/C17H18Cl2N6S/c1-3-25-11(2)12(7-21-25)9-24-10-14(8-20-24)22-17(26)23-16-5-4-13(18)6-15(16)19/h4-8,10H,3,9H2,1-2H3,(H2,22,23,26). The van der Waals surface area contributed by atoms with Gasteiger partial charge in [0.05, 0.1) is 35.3 Å². The second-order valence-corrected chi connectivity index (χ2v) is 6.95. The number of anilines is 2. The number of benzene rings is 1. The topological polar surface area (TPSA) is 59.7 Å². The van der Waals surface area contributed by atoms with Crippen LogP contribution < -0.4 is 10.6 Å². The molecule has 3 aromatic rings. The molecule has 0 bridgehead atoms. The molecule has 6 nitrogen and oxygen atoms in total. The van der Waals surface area contributed by atoms with Gasteiger partial charge in [-0.1, -0.05) is 23.2 Å². The van der Waals surface area contributed by atoms with E-state index in [2.05, 4.69) is 34.7 Å². The Bertz CT molecular complexity index is 933. The zero-order valence-corrected chi connectivity index (χ0v) is 16.7. The molecule has 0 atom stereocenters. The summed E-state index contributed by atoms with van der Waals surface area (Å²) in [6, 6.07) is 5.18. The molecule has 9 heteroatoms. The SMILES string of the molecule is CCn1ncc(Cn2cc(NC(=S)Nc3ccc(Cl)cc3Cl)cn2)c1C. The third-order valence-corrected chi connectivity index (χ3v) is 4.66. The highest BCUT2D eigenvalue weighted by Gasteiger charge is 2.08. The minimum Gasteiger partial charge on any atom is -0.331 e. The average molecular weight is 409 g/mol. The summed E-state index contributed by atoms with van der Waals surface area (Å²) in [5.74, 6) is 0. The number of rotatable bonds is 5. The van der Waals surface area contributed by atoms with Crippen LogP contribution in [0.5, 0.6) is 0 Å². The van der Waals surface area contributed by atoms with Crippen molar-refractivity contribution in [3.05, 3.63) is 58.1 Å². The smallest absolute Gasteiger partial charge is 0.175 e. The molecular formula is C17H18Cl2N6S. The second kappa shape index (κ2) is 8.07. The van der Waals surface area contributed by atoms with Gasteiger partial charge in [0.25, 0.3) is 0 Å². The first kappa shape index (κ1) is 18.7. The molecule has 2 heterocycles. The van der Waals surface area contributed by atoms with Crippen molar-refractivity contribution in [3.8, 4) is 0 Å². The Morgan fingerprint density at radius 1 is 1.19 bits per heavy atom. The molecule has 3 rings (SSSR count). The van der Waals surface area contributed by atoms with E-state index in [0.717, 1.165) is 23.5 Å². The van der Waals surface area contributed by atoms with Crippen LogP contribution in [-0.2, 0) is 13.1 Å². The van der Waals surface area contributed by atoms with Gasteiger partial charge in [-0.2, -0.15) is 10.2 Å². The average Bonchev–Trinajstić information content (AvgIpc) is 3.17. The number of thiocarbonyl (C=S) groups is 1. The van der Waals surface area contributed by atoms with Crippen molar-refractivity contribution in [2.45, 2.75) is 26.9 Å². The van der Waals surface area contributed by atoms with E-state index in [4.69, 9.17) is 35.4 Å². The van der Waals surface area contributed by atoms with Crippen molar-refractivity contribution in [3.63, 3.8) is 0 Å². The van der Waals surface area contributed by atoms with Crippen molar-refractivity contribution in [2.24, 2.45) is 0 Å².